The van der Waals surface area contributed by atoms with Crippen LogP contribution in [0.25, 0.3) is 39.5 Å². The van der Waals surface area contributed by atoms with E-state index in [1.165, 1.54) is 0 Å². The zero-order valence-corrected chi connectivity index (χ0v) is 21.1. The van der Waals surface area contributed by atoms with Gasteiger partial charge in [-0.25, -0.2) is 15.0 Å². The van der Waals surface area contributed by atoms with Crippen molar-refractivity contribution in [1.82, 2.24) is 24.4 Å². The van der Waals surface area contributed by atoms with E-state index >= 15 is 0 Å². The minimum absolute atomic E-state index is 0. The van der Waals surface area contributed by atoms with Gasteiger partial charge in [-0.2, -0.15) is 0 Å². The van der Waals surface area contributed by atoms with Gasteiger partial charge in [0.25, 0.3) is 0 Å². The second-order valence-electron chi connectivity index (χ2n) is 9.10. The Morgan fingerprint density at radius 2 is 1.65 bits per heavy atom. The highest BCUT2D eigenvalue weighted by molar-refractivity contribution is 5.85. The van der Waals surface area contributed by atoms with Crippen LogP contribution in [0.15, 0.2) is 85.1 Å². The SMILES string of the molecule is Cl.[2H]C([2H])(c1ccc(-n2c(-c3cccnc3N)nc3ccc(-c4ccccc4)nc32)cc1)N1CCC(N)CC1. The number of aromatic nitrogens is 4. The van der Waals surface area contributed by atoms with Gasteiger partial charge in [-0.05, 0) is 67.9 Å². The maximum Gasteiger partial charge on any atom is 0.165 e. The molecule has 3 aromatic heterocycles. The number of rotatable bonds is 5. The number of nitrogen functional groups attached to an aromatic ring is 1. The summed E-state index contributed by atoms with van der Waals surface area (Å²) in [5.74, 6) is 1.01. The molecule has 1 aliphatic rings. The number of fused-ring (bicyclic) bond motifs is 1. The summed E-state index contributed by atoms with van der Waals surface area (Å²) in [6, 6.07) is 25.3. The van der Waals surface area contributed by atoms with Gasteiger partial charge in [0, 0.05) is 32.7 Å². The number of nitrogens with two attached hydrogens (primary N) is 2. The minimum Gasteiger partial charge on any atom is -0.383 e. The molecule has 6 rings (SSSR count). The summed E-state index contributed by atoms with van der Waals surface area (Å²) in [7, 11) is 0. The molecule has 0 amide bonds. The van der Waals surface area contributed by atoms with Crippen molar-refractivity contribution in [2.24, 2.45) is 5.73 Å². The van der Waals surface area contributed by atoms with Crippen LogP contribution >= 0.6 is 12.4 Å². The van der Waals surface area contributed by atoms with Crippen LogP contribution < -0.4 is 11.5 Å². The molecule has 1 fully saturated rings. The molecule has 0 saturated carbocycles. The van der Waals surface area contributed by atoms with Crippen molar-refractivity contribution in [2.45, 2.75) is 25.4 Å². The summed E-state index contributed by atoms with van der Waals surface area (Å²) in [4.78, 5) is 16.0. The average molecular weight is 514 g/mol. The summed E-state index contributed by atoms with van der Waals surface area (Å²) in [6.07, 6.45) is 3.25. The third-order valence-electron chi connectivity index (χ3n) is 6.61. The molecular formula is C29H30ClN7. The molecule has 0 spiro atoms. The molecule has 1 aliphatic heterocycles. The van der Waals surface area contributed by atoms with Crippen LogP contribution in [0.1, 0.15) is 21.1 Å². The largest absolute Gasteiger partial charge is 0.383 e. The van der Waals surface area contributed by atoms with Crippen molar-refractivity contribution in [2.75, 3.05) is 18.8 Å². The smallest absolute Gasteiger partial charge is 0.165 e. The number of pyridine rings is 2. The van der Waals surface area contributed by atoms with E-state index in [1.807, 2.05) is 88.3 Å². The number of piperidine rings is 1. The third kappa shape index (κ3) is 5.06. The third-order valence-corrected chi connectivity index (χ3v) is 6.61. The number of nitrogens with zero attached hydrogens (tertiary/aromatic N) is 5. The molecule has 188 valence electrons. The number of anilines is 1. The van der Waals surface area contributed by atoms with Gasteiger partial charge in [0.2, 0.25) is 0 Å². The maximum absolute atomic E-state index is 8.83. The number of likely N-dealkylation sites (tertiary alicyclic amines) is 1. The predicted molar refractivity (Wildman–Crippen MR) is 152 cm³/mol. The van der Waals surface area contributed by atoms with Crippen molar-refractivity contribution in [3.8, 4) is 28.3 Å². The van der Waals surface area contributed by atoms with Gasteiger partial charge in [-0.1, -0.05) is 42.5 Å². The molecule has 0 bridgehead atoms. The fourth-order valence-corrected chi connectivity index (χ4v) is 4.64. The molecule has 5 aromatic rings. The van der Waals surface area contributed by atoms with Crippen molar-refractivity contribution < 1.29 is 2.74 Å². The maximum atomic E-state index is 8.83. The lowest BCUT2D eigenvalue weighted by molar-refractivity contribution is 0.205. The Balaban J connectivity index is 0.00000308. The lowest BCUT2D eigenvalue weighted by Gasteiger charge is -2.30. The average Bonchev–Trinajstić information content (AvgIpc) is 3.32. The van der Waals surface area contributed by atoms with Crippen LogP contribution in [0.3, 0.4) is 0 Å². The number of benzene rings is 2. The van der Waals surface area contributed by atoms with Gasteiger partial charge in [0.1, 0.15) is 11.3 Å². The monoisotopic (exact) mass is 513 g/mol. The topological polar surface area (TPSA) is 98.9 Å². The Hall–Kier alpha value is -3.78. The second kappa shape index (κ2) is 10.7. The van der Waals surface area contributed by atoms with Crippen molar-refractivity contribution in [3.63, 3.8) is 0 Å². The van der Waals surface area contributed by atoms with Gasteiger partial charge in [-0.3, -0.25) is 9.47 Å². The first kappa shape index (κ1) is 22.4. The molecule has 2 aromatic carbocycles. The summed E-state index contributed by atoms with van der Waals surface area (Å²) in [6.45, 7) is -0.317. The molecule has 4 heterocycles. The van der Waals surface area contributed by atoms with Crippen LogP contribution in [0.5, 0.6) is 0 Å². The molecule has 1 saturated heterocycles. The quantitative estimate of drug-likeness (QED) is 0.340. The van der Waals surface area contributed by atoms with Gasteiger partial charge in [0.05, 0.1) is 11.3 Å². The van der Waals surface area contributed by atoms with Gasteiger partial charge >= 0.3 is 0 Å². The predicted octanol–water partition coefficient (Wildman–Crippen LogP) is 5.08. The Bertz CT molecular complexity index is 1580. The second-order valence-corrected chi connectivity index (χ2v) is 9.10. The molecule has 0 aliphatic carbocycles. The molecule has 8 heteroatoms. The Kier molecular flexibility index (Phi) is 6.47. The Labute approximate surface area is 225 Å². The number of hydrogen-bond acceptors (Lipinski definition) is 6. The van der Waals surface area contributed by atoms with Crippen LogP contribution in [0.2, 0.25) is 0 Å². The molecule has 7 nitrogen and oxygen atoms in total. The summed E-state index contributed by atoms with van der Waals surface area (Å²) in [5, 5.41) is 0. The normalized spacial score (nSPS) is 15.7. The van der Waals surface area contributed by atoms with Crippen LogP contribution in [-0.2, 0) is 6.50 Å². The van der Waals surface area contributed by atoms with E-state index in [9.17, 15) is 0 Å². The van der Waals surface area contributed by atoms with E-state index in [4.69, 9.17) is 24.2 Å². The molecule has 0 radical (unpaired) electrons. The summed E-state index contributed by atoms with van der Waals surface area (Å²) < 4.78 is 19.6. The number of hydrogen-bond donors (Lipinski definition) is 2. The Morgan fingerprint density at radius 3 is 2.38 bits per heavy atom. The van der Waals surface area contributed by atoms with E-state index in [0.29, 0.717) is 41.5 Å². The molecule has 0 unspecified atom stereocenters. The number of imidazole rings is 1. The van der Waals surface area contributed by atoms with Crippen molar-refractivity contribution in [3.05, 3.63) is 90.6 Å². The minimum atomic E-state index is -1.59. The zero-order chi connectivity index (χ0) is 26.3. The van der Waals surface area contributed by atoms with Crippen molar-refractivity contribution in [1.29, 1.82) is 0 Å². The number of halogens is 1. The fourth-order valence-electron chi connectivity index (χ4n) is 4.64. The van der Waals surface area contributed by atoms with E-state index in [-0.39, 0.29) is 18.4 Å². The summed E-state index contributed by atoms with van der Waals surface area (Å²) >= 11 is 0. The molecule has 0 atom stereocenters. The zero-order valence-electron chi connectivity index (χ0n) is 22.3. The first-order valence-corrected chi connectivity index (χ1v) is 12.2. The highest BCUT2D eigenvalue weighted by Gasteiger charge is 2.19. The molecule has 4 N–H and O–H groups in total. The first-order chi connectivity index (χ1) is 18.4. The fraction of sp³-hybridized carbons (Fsp3) is 0.207. The lowest BCUT2D eigenvalue weighted by atomic mass is 10.1. The van der Waals surface area contributed by atoms with Crippen LogP contribution in [-0.4, -0.2) is 43.6 Å². The molecule has 37 heavy (non-hydrogen) atoms. The van der Waals surface area contributed by atoms with E-state index in [1.54, 1.807) is 6.20 Å². The van der Waals surface area contributed by atoms with Gasteiger partial charge in [-0.15, -0.1) is 12.4 Å². The summed E-state index contributed by atoms with van der Waals surface area (Å²) in [5.41, 5.74) is 17.7. The highest BCUT2D eigenvalue weighted by Crippen LogP contribution is 2.31. The lowest BCUT2D eigenvalue weighted by Crippen LogP contribution is -2.39. The van der Waals surface area contributed by atoms with Crippen LogP contribution in [0.4, 0.5) is 5.82 Å². The molecular weight excluding hydrogens is 482 g/mol. The van der Waals surface area contributed by atoms with Gasteiger partial charge in [0.15, 0.2) is 11.5 Å². The van der Waals surface area contributed by atoms with E-state index in [2.05, 4.69) is 4.98 Å². The van der Waals surface area contributed by atoms with Crippen LogP contribution in [0, 0.1) is 0 Å². The standard InChI is InChI=1S/C29H29N7.ClH/c30-22-14-17-35(18-15-22)19-20-8-10-23(11-9-20)36-28(24-7-4-16-32-27(24)31)34-26-13-12-25(33-29(26)36)21-5-2-1-3-6-21;/h1-13,16,22H,14-15,17-19,30H2,(H2,31,32);1H/i19D2;. The Morgan fingerprint density at radius 1 is 0.892 bits per heavy atom. The van der Waals surface area contributed by atoms with Crippen molar-refractivity contribution >= 4 is 29.4 Å². The first-order valence-electron chi connectivity index (χ1n) is 13.2. The van der Waals surface area contributed by atoms with E-state index < -0.39 is 6.50 Å². The van der Waals surface area contributed by atoms with E-state index in [0.717, 1.165) is 35.3 Å². The van der Waals surface area contributed by atoms with Gasteiger partial charge < -0.3 is 11.5 Å². The highest BCUT2D eigenvalue weighted by atomic mass is 35.5.